The van der Waals surface area contributed by atoms with Crippen LogP contribution in [0.1, 0.15) is 41.4 Å². The maximum atomic E-state index is 11.8. The summed E-state index contributed by atoms with van der Waals surface area (Å²) in [4.78, 5) is 45.4. The zero-order valence-corrected chi connectivity index (χ0v) is 13.4. The van der Waals surface area contributed by atoms with Crippen molar-refractivity contribution in [1.29, 1.82) is 0 Å². The molecular weight excluding hydrogens is 344 g/mol. The van der Waals surface area contributed by atoms with E-state index in [1.165, 1.54) is 48.5 Å². The van der Waals surface area contributed by atoms with Crippen molar-refractivity contribution >= 4 is 23.9 Å². The van der Waals surface area contributed by atoms with Gasteiger partial charge in [0, 0.05) is 0 Å². The van der Waals surface area contributed by atoms with E-state index in [2.05, 4.69) is 0 Å². The summed E-state index contributed by atoms with van der Waals surface area (Å²) in [5.41, 5.74) is 0.0177. The quantitative estimate of drug-likeness (QED) is 0.569. The molecule has 0 saturated carbocycles. The van der Waals surface area contributed by atoms with Gasteiger partial charge in [0.2, 0.25) is 0 Å². The first-order valence-electron chi connectivity index (χ1n) is 7.39. The zero-order valence-electron chi connectivity index (χ0n) is 13.4. The molecule has 0 heterocycles. The lowest BCUT2D eigenvalue weighted by Gasteiger charge is -2.07. The van der Waals surface area contributed by atoms with Gasteiger partial charge in [-0.15, -0.1) is 0 Å². The molecule has 0 spiro atoms. The number of carboxylic acid groups (broad SMARTS) is 2. The fourth-order valence-electron chi connectivity index (χ4n) is 1.99. The molecule has 134 valence electrons. The Morgan fingerprint density at radius 3 is 1.35 bits per heavy atom. The standard InChI is InChI=1S/C18H14O8/c19-15(20)11-3-1-5-13(9-11)17(23)25-7-8-26-18(24)14-6-2-4-12(10-14)16(21)22/h1-6,9-10H,7-8H2,(H,19,20)(H,21,22). The number of carbonyl (C=O) groups excluding carboxylic acids is 2. The Morgan fingerprint density at radius 2 is 1.00 bits per heavy atom. The van der Waals surface area contributed by atoms with Gasteiger partial charge < -0.3 is 19.7 Å². The lowest BCUT2D eigenvalue weighted by Crippen LogP contribution is -2.15. The summed E-state index contributed by atoms with van der Waals surface area (Å²) in [7, 11) is 0. The van der Waals surface area contributed by atoms with Crippen molar-refractivity contribution in [1.82, 2.24) is 0 Å². The number of hydrogen-bond acceptors (Lipinski definition) is 6. The molecule has 2 rings (SSSR count). The Kier molecular flexibility index (Phi) is 6.05. The third kappa shape index (κ3) is 4.91. The third-order valence-electron chi connectivity index (χ3n) is 3.24. The zero-order chi connectivity index (χ0) is 19.1. The van der Waals surface area contributed by atoms with Crippen LogP contribution in [0.2, 0.25) is 0 Å². The Hall–Kier alpha value is -3.68. The van der Waals surface area contributed by atoms with Crippen molar-refractivity contribution in [2.24, 2.45) is 0 Å². The van der Waals surface area contributed by atoms with Gasteiger partial charge >= 0.3 is 23.9 Å². The van der Waals surface area contributed by atoms with Gasteiger partial charge in [0.05, 0.1) is 22.3 Å². The largest absolute Gasteiger partial charge is 0.478 e. The van der Waals surface area contributed by atoms with E-state index < -0.39 is 23.9 Å². The van der Waals surface area contributed by atoms with Crippen molar-refractivity contribution in [3.05, 3.63) is 70.8 Å². The van der Waals surface area contributed by atoms with Crippen LogP contribution in [0.25, 0.3) is 0 Å². The molecule has 0 saturated heterocycles. The van der Waals surface area contributed by atoms with Crippen LogP contribution in [0.3, 0.4) is 0 Å². The summed E-state index contributed by atoms with van der Waals surface area (Å²) in [5.74, 6) is -3.84. The average Bonchev–Trinajstić information content (AvgIpc) is 2.65. The van der Waals surface area contributed by atoms with Crippen LogP contribution in [0.15, 0.2) is 48.5 Å². The Morgan fingerprint density at radius 1 is 0.654 bits per heavy atom. The van der Waals surface area contributed by atoms with Crippen molar-refractivity contribution in [3.8, 4) is 0 Å². The summed E-state index contributed by atoms with van der Waals surface area (Å²) < 4.78 is 9.82. The van der Waals surface area contributed by atoms with Crippen LogP contribution in [-0.4, -0.2) is 47.3 Å². The van der Waals surface area contributed by atoms with Gasteiger partial charge in [-0.3, -0.25) is 0 Å². The lowest BCUT2D eigenvalue weighted by molar-refractivity contribution is 0.0265. The van der Waals surface area contributed by atoms with Gasteiger partial charge in [0.15, 0.2) is 0 Å². The van der Waals surface area contributed by atoms with Crippen molar-refractivity contribution in [2.75, 3.05) is 13.2 Å². The second kappa shape index (κ2) is 8.43. The maximum absolute atomic E-state index is 11.8. The first-order chi connectivity index (χ1) is 12.4. The van der Waals surface area contributed by atoms with E-state index in [1.807, 2.05) is 0 Å². The second-order valence-electron chi connectivity index (χ2n) is 5.04. The number of ether oxygens (including phenoxy) is 2. The minimum absolute atomic E-state index is 0.0517. The highest BCUT2D eigenvalue weighted by Gasteiger charge is 2.13. The first-order valence-corrected chi connectivity index (χ1v) is 7.39. The molecule has 0 radical (unpaired) electrons. The normalized spacial score (nSPS) is 10.0. The van der Waals surface area contributed by atoms with E-state index >= 15 is 0 Å². The second-order valence-corrected chi connectivity index (χ2v) is 5.04. The van der Waals surface area contributed by atoms with E-state index in [1.54, 1.807) is 0 Å². The molecule has 0 aliphatic carbocycles. The molecule has 2 aromatic rings. The highest BCUT2D eigenvalue weighted by molar-refractivity contribution is 5.95. The SMILES string of the molecule is O=C(O)c1cccc(C(=O)OCCOC(=O)c2cccc(C(=O)O)c2)c1. The molecule has 0 fully saturated rings. The van der Waals surface area contributed by atoms with Crippen LogP contribution in [0, 0.1) is 0 Å². The molecule has 0 atom stereocenters. The molecule has 0 aliphatic heterocycles. The van der Waals surface area contributed by atoms with Gasteiger partial charge in [-0.25, -0.2) is 19.2 Å². The van der Waals surface area contributed by atoms with Crippen molar-refractivity contribution in [3.63, 3.8) is 0 Å². The molecule has 2 aromatic carbocycles. The van der Waals surface area contributed by atoms with Crippen molar-refractivity contribution < 1.29 is 38.9 Å². The highest BCUT2D eigenvalue weighted by Crippen LogP contribution is 2.08. The van der Waals surface area contributed by atoms with E-state index in [0.717, 1.165) is 0 Å². The number of aromatic carboxylic acids is 2. The Bertz CT molecular complexity index is 784. The van der Waals surface area contributed by atoms with Crippen molar-refractivity contribution in [2.45, 2.75) is 0 Å². The van der Waals surface area contributed by atoms with Gasteiger partial charge in [0.25, 0.3) is 0 Å². The van der Waals surface area contributed by atoms with Crippen LogP contribution in [0.4, 0.5) is 0 Å². The van der Waals surface area contributed by atoms with E-state index in [4.69, 9.17) is 19.7 Å². The molecule has 0 bridgehead atoms. The maximum Gasteiger partial charge on any atom is 0.338 e. The summed E-state index contributed by atoms with van der Waals surface area (Å²) in [6.45, 7) is -0.471. The molecule has 2 N–H and O–H groups in total. The first kappa shape index (κ1) is 18.7. The molecule has 26 heavy (non-hydrogen) atoms. The third-order valence-corrected chi connectivity index (χ3v) is 3.24. The predicted molar refractivity (Wildman–Crippen MR) is 87.4 cm³/mol. The Labute approximate surface area is 147 Å². The summed E-state index contributed by atoms with van der Waals surface area (Å²) in [6.07, 6.45) is 0. The molecular formula is C18H14O8. The predicted octanol–water partition coefficient (Wildman–Crippen LogP) is 2.10. The molecule has 8 nitrogen and oxygen atoms in total. The topological polar surface area (TPSA) is 127 Å². The minimum atomic E-state index is -1.17. The van der Waals surface area contributed by atoms with E-state index in [9.17, 15) is 19.2 Å². The lowest BCUT2D eigenvalue weighted by atomic mass is 10.1. The van der Waals surface area contributed by atoms with E-state index in [-0.39, 0.29) is 35.5 Å². The molecule has 0 unspecified atom stereocenters. The summed E-state index contributed by atoms with van der Waals surface area (Å²) >= 11 is 0. The van der Waals surface area contributed by atoms with Gasteiger partial charge in [-0.2, -0.15) is 0 Å². The fraction of sp³-hybridized carbons (Fsp3) is 0.111. The van der Waals surface area contributed by atoms with Gasteiger partial charge in [-0.1, -0.05) is 12.1 Å². The fourth-order valence-corrected chi connectivity index (χ4v) is 1.99. The number of hydrogen-bond donors (Lipinski definition) is 2. The van der Waals surface area contributed by atoms with Gasteiger partial charge in [-0.05, 0) is 36.4 Å². The van der Waals surface area contributed by atoms with Crippen LogP contribution >= 0.6 is 0 Å². The highest BCUT2D eigenvalue weighted by atomic mass is 16.6. The molecule has 0 aliphatic rings. The average molecular weight is 358 g/mol. The summed E-state index contributed by atoms with van der Waals surface area (Å²) in [5, 5.41) is 17.8. The van der Waals surface area contributed by atoms with Crippen LogP contribution in [-0.2, 0) is 9.47 Å². The number of carboxylic acids is 2. The number of esters is 2. The Balaban J connectivity index is 1.84. The summed E-state index contributed by atoms with van der Waals surface area (Å²) in [6, 6.07) is 10.7. The molecule has 0 amide bonds. The number of carbonyl (C=O) groups is 4. The minimum Gasteiger partial charge on any atom is -0.478 e. The monoisotopic (exact) mass is 358 g/mol. The van der Waals surface area contributed by atoms with E-state index in [0.29, 0.717) is 0 Å². The molecule has 0 aromatic heterocycles. The van der Waals surface area contributed by atoms with Gasteiger partial charge in [0.1, 0.15) is 13.2 Å². The smallest absolute Gasteiger partial charge is 0.338 e. The van der Waals surface area contributed by atoms with Crippen LogP contribution < -0.4 is 0 Å². The van der Waals surface area contributed by atoms with Crippen LogP contribution in [0.5, 0.6) is 0 Å². The molecule has 8 heteroatoms. The number of benzene rings is 2. The number of rotatable bonds is 7.